The van der Waals surface area contributed by atoms with Crippen LogP contribution in [0.25, 0.3) is 0 Å². The standard InChI is InChI=1S/C14H24N4/c1-2-7-15-14-16-8-11-18(14)13-6-10-17-9-4-3-5-12(13)17/h8,11-13H,2-7,9-10H2,1H3,(H,15,16). The van der Waals surface area contributed by atoms with Gasteiger partial charge in [0.15, 0.2) is 0 Å². The summed E-state index contributed by atoms with van der Waals surface area (Å²) in [4.78, 5) is 7.15. The number of imidazole rings is 1. The molecule has 2 unspecified atom stereocenters. The zero-order valence-electron chi connectivity index (χ0n) is 11.3. The molecule has 2 atom stereocenters. The van der Waals surface area contributed by atoms with Gasteiger partial charge >= 0.3 is 0 Å². The van der Waals surface area contributed by atoms with Crippen LogP contribution in [0.15, 0.2) is 12.4 Å². The average Bonchev–Trinajstić information content (AvgIpc) is 3.02. The van der Waals surface area contributed by atoms with Gasteiger partial charge < -0.3 is 9.88 Å². The molecule has 4 heteroatoms. The minimum atomic E-state index is 0.632. The van der Waals surface area contributed by atoms with E-state index in [9.17, 15) is 0 Å². The Balaban J connectivity index is 1.76. The van der Waals surface area contributed by atoms with Crippen LogP contribution in [0.2, 0.25) is 0 Å². The van der Waals surface area contributed by atoms with E-state index in [-0.39, 0.29) is 0 Å². The zero-order chi connectivity index (χ0) is 12.4. The highest BCUT2D eigenvalue weighted by molar-refractivity contribution is 5.27. The quantitative estimate of drug-likeness (QED) is 0.888. The summed E-state index contributed by atoms with van der Waals surface area (Å²) >= 11 is 0. The molecule has 0 amide bonds. The van der Waals surface area contributed by atoms with Crippen LogP contribution in [-0.2, 0) is 0 Å². The molecule has 0 bridgehead atoms. The third-order valence-corrected chi connectivity index (χ3v) is 4.38. The number of piperidine rings is 1. The lowest BCUT2D eigenvalue weighted by atomic mass is 9.99. The third kappa shape index (κ3) is 2.14. The molecule has 0 aromatic carbocycles. The van der Waals surface area contributed by atoms with Crippen molar-refractivity contribution in [2.24, 2.45) is 0 Å². The summed E-state index contributed by atoms with van der Waals surface area (Å²) in [6.07, 6.45) is 10.6. The molecule has 1 aromatic rings. The molecule has 0 aliphatic carbocycles. The van der Waals surface area contributed by atoms with Crippen molar-refractivity contribution in [1.82, 2.24) is 14.5 Å². The van der Waals surface area contributed by atoms with Crippen molar-refractivity contribution in [2.75, 3.05) is 25.0 Å². The first-order valence-corrected chi connectivity index (χ1v) is 7.41. The van der Waals surface area contributed by atoms with Crippen molar-refractivity contribution in [2.45, 2.75) is 51.1 Å². The second-order valence-corrected chi connectivity index (χ2v) is 5.54. The predicted octanol–water partition coefficient (Wildman–Crippen LogP) is 2.50. The highest BCUT2D eigenvalue weighted by Gasteiger charge is 2.37. The van der Waals surface area contributed by atoms with Crippen LogP contribution in [0.4, 0.5) is 5.95 Å². The number of nitrogens with zero attached hydrogens (tertiary/aromatic N) is 3. The van der Waals surface area contributed by atoms with Crippen molar-refractivity contribution < 1.29 is 0 Å². The van der Waals surface area contributed by atoms with E-state index < -0.39 is 0 Å². The molecule has 3 heterocycles. The summed E-state index contributed by atoms with van der Waals surface area (Å²) in [6.45, 7) is 5.77. The molecule has 2 fully saturated rings. The summed E-state index contributed by atoms with van der Waals surface area (Å²) < 4.78 is 2.38. The van der Waals surface area contributed by atoms with Gasteiger partial charge in [0.2, 0.25) is 5.95 Å². The fraction of sp³-hybridized carbons (Fsp3) is 0.786. The Bertz CT molecular complexity index is 387. The van der Waals surface area contributed by atoms with Crippen molar-refractivity contribution in [3.8, 4) is 0 Å². The molecule has 2 aliphatic rings. The number of fused-ring (bicyclic) bond motifs is 1. The van der Waals surface area contributed by atoms with Gasteiger partial charge in [-0.1, -0.05) is 13.3 Å². The lowest BCUT2D eigenvalue weighted by molar-refractivity contribution is 0.174. The van der Waals surface area contributed by atoms with E-state index >= 15 is 0 Å². The van der Waals surface area contributed by atoms with E-state index in [1.165, 1.54) is 38.8 Å². The SMILES string of the molecule is CCCNc1nccn1C1CCN2CCCCC12. The van der Waals surface area contributed by atoms with Crippen LogP contribution in [-0.4, -0.2) is 40.1 Å². The molecular formula is C14H24N4. The Labute approximate surface area is 109 Å². The second-order valence-electron chi connectivity index (χ2n) is 5.54. The summed E-state index contributed by atoms with van der Waals surface area (Å²) in [6, 6.07) is 1.38. The number of nitrogens with one attached hydrogen (secondary N) is 1. The Morgan fingerprint density at radius 2 is 2.22 bits per heavy atom. The smallest absolute Gasteiger partial charge is 0.203 e. The normalized spacial score (nSPS) is 28.3. The number of hydrogen-bond donors (Lipinski definition) is 1. The van der Waals surface area contributed by atoms with E-state index in [2.05, 4.69) is 32.9 Å². The Kier molecular flexibility index (Phi) is 3.55. The van der Waals surface area contributed by atoms with Gasteiger partial charge in [0.1, 0.15) is 0 Å². The third-order valence-electron chi connectivity index (χ3n) is 4.38. The minimum Gasteiger partial charge on any atom is -0.356 e. The number of rotatable bonds is 4. The molecule has 0 radical (unpaired) electrons. The predicted molar refractivity (Wildman–Crippen MR) is 73.9 cm³/mol. The van der Waals surface area contributed by atoms with Crippen LogP contribution < -0.4 is 5.32 Å². The molecule has 0 spiro atoms. The van der Waals surface area contributed by atoms with Crippen LogP contribution in [0.5, 0.6) is 0 Å². The van der Waals surface area contributed by atoms with Crippen molar-refractivity contribution in [3.05, 3.63) is 12.4 Å². The largest absolute Gasteiger partial charge is 0.356 e. The van der Waals surface area contributed by atoms with Crippen LogP contribution in [0, 0.1) is 0 Å². The van der Waals surface area contributed by atoms with Gasteiger partial charge in [0.05, 0.1) is 6.04 Å². The molecule has 1 aromatic heterocycles. The highest BCUT2D eigenvalue weighted by atomic mass is 15.3. The van der Waals surface area contributed by atoms with Gasteiger partial charge in [-0.25, -0.2) is 4.98 Å². The van der Waals surface area contributed by atoms with Gasteiger partial charge in [-0.15, -0.1) is 0 Å². The molecule has 2 saturated heterocycles. The van der Waals surface area contributed by atoms with Crippen molar-refractivity contribution in [3.63, 3.8) is 0 Å². The molecule has 18 heavy (non-hydrogen) atoms. The van der Waals surface area contributed by atoms with Crippen LogP contribution in [0.1, 0.15) is 45.1 Å². The molecule has 2 aliphatic heterocycles. The maximum atomic E-state index is 4.47. The highest BCUT2D eigenvalue weighted by Crippen LogP contribution is 2.36. The molecule has 3 rings (SSSR count). The van der Waals surface area contributed by atoms with Gasteiger partial charge in [0, 0.05) is 31.5 Å². The molecule has 4 nitrogen and oxygen atoms in total. The summed E-state index contributed by atoms with van der Waals surface area (Å²) in [5.41, 5.74) is 0. The number of anilines is 1. The fourth-order valence-electron chi connectivity index (χ4n) is 3.50. The Morgan fingerprint density at radius 3 is 3.11 bits per heavy atom. The molecule has 100 valence electrons. The minimum absolute atomic E-state index is 0.632. The van der Waals surface area contributed by atoms with Gasteiger partial charge in [-0.3, -0.25) is 4.90 Å². The lowest BCUT2D eigenvalue weighted by Gasteiger charge is -2.33. The number of hydrogen-bond acceptors (Lipinski definition) is 3. The molecular weight excluding hydrogens is 224 g/mol. The second kappa shape index (κ2) is 5.31. The fourth-order valence-corrected chi connectivity index (χ4v) is 3.50. The van der Waals surface area contributed by atoms with Crippen molar-refractivity contribution in [1.29, 1.82) is 0 Å². The molecule has 0 saturated carbocycles. The Morgan fingerprint density at radius 1 is 1.28 bits per heavy atom. The van der Waals surface area contributed by atoms with E-state index in [0.29, 0.717) is 6.04 Å². The summed E-state index contributed by atoms with van der Waals surface area (Å²) in [5, 5.41) is 3.45. The van der Waals surface area contributed by atoms with Gasteiger partial charge in [-0.05, 0) is 32.2 Å². The van der Waals surface area contributed by atoms with Gasteiger partial charge in [0.25, 0.3) is 0 Å². The van der Waals surface area contributed by atoms with Gasteiger partial charge in [-0.2, -0.15) is 0 Å². The maximum Gasteiger partial charge on any atom is 0.203 e. The topological polar surface area (TPSA) is 33.1 Å². The first-order chi connectivity index (χ1) is 8.90. The average molecular weight is 248 g/mol. The first-order valence-electron chi connectivity index (χ1n) is 7.41. The van der Waals surface area contributed by atoms with Crippen molar-refractivity contribution >= 4 is 5.95 Å². The van der Waals surface area contributed by atoms with E-state index in [0.717, 1.165) is 25.0 Å². The number of aromatic nitrogens is 2. The van der Waals surface area contributed by atoms with Crippen LogP contribution >= 0.6 is 0 Å². The Hall–Kier alpha value is -1.03. The summed E-state index contributed by atoms with van der Waals surface area (Å²) in [7, 11) is 0. The van der Waals surface area contributed by atoms with E-state index in [1.807, 2.05) is 6.20 Å². The zero-order valence-corrected chi connectivity index (χ0v) is 11.3. The van der Waals surface area contributed by atoms with E-state index in [4.69, 9.17) is 0 Å². The van der Waals surface area contributed by atoms with E-state index in [1.54, 1.807) is 0 Å². The maximum absolute atomic E-state index is 4.47. The monoisotopic (exact) mass is 248 g/mol. The summed E-state index contributed by atoms with van der Waals surface area (Å²) in [5.74, 6) is 1.06. The lowest BCUT2D eigenvalue weighted by Crippen LogP contribution is -2.37. The molecule has 1 N–H and O–H groups in total. The first kappa shape index (κ1) is 12.0. The van der Waals surface area contributed by atoms with Crippen LogP contribution in [0.3, 0.4) is 0 Å².